The average molecular weight is 260 g/mol. The summed E-state index contributed by atoms with van der Waals surface area (Å²) < 4.78 is 0. The van der Waals surface area contributed by atoms with Crippen LogP contribution in [0.4, 0.5) is 5.82 Å². The minimum Gasteiger partial charge on any atom is -0.351 e. The Bertz CT molecular complexity index is 370. The van der Waals surface area contributed by atoms with E-state index in [0.717, 1.165) is 18.9 Å². The Labute approximate surface area is 106 Å². The van der Waals surface area contributed by atoms with Gasteiger partial charge in [0.05, 0.1) is 10.0 Å². The van der Waals surface area contributed by atoms with Crippen LogP contribution in [0.1, 0.15) is 12.8 Å². The zero-order valence-corrected chi connectivity index (χ0v) is 10.7. The van der Waals surface area contributed by atoms with Crippen molar-refractivity contribution in [3.63, 3.8) is 0 Å². The molecule has 1 atom stereocenters. The molecule has 1 saturated heterocycles. The van der Waals surface area contributed by atoms with E-state index in [1.54, 1.807) is 12.3 Å². The molecule has 0 saturated carbocycles. The van der Waals surface area contributed by atoms with Gasteiger partial charge in [-0.05, 0) is 26.0 Å². The molecule has 0 aromatic carbocycles. The predicted octanol–water partition coefficient (Wildman–Crippen LogP) is 2.58. The molecule has 0 amide bonds. The summed E-state index contributed by atoms with van der Waals surface area (Å²) >= 11 is 12.0. The van der Waals surface area contributed by atoms with Crippen LogP contribution in [0.3, 0.4) is 0 Å². The quantitative estimate of drug-likeness (QED) is 0.905. The van der Waals surface area contributed by atoms with Crippen molar-refractivity contribution < 1.29 is 0 Å². The molecule has 3 nitrogen and oxygen atoms in total. The molecule has 2 heterocycles. The monoisotopic (exact) mass is 259 g/mol. The summed E-state index contributed by atoms with van der Waals surface area (Å²) in [6, 6.07) is 2.23. The first-order valence-electron chi connectivity index (χ1n) is 5.44. The summed E-state index contributed by atoms with van der Waals surface area (Å²) in [7, 11) is 1.97. The van der Waals surface area contributed by atoms with Gasteiger partial charge in [0.25, 0.3) is 0 Å². The number of nitrogens with one attached hydrogen (secondary N) is 1. The van der Waals surface area contributed by atoms with Crippen molar-refractivity contribution in [3.05, 3.63) is 22.3 Å². The van der Waals surface area contributed by atoms with Crippen LogP contribution in [0.25, 0.3) is 0 Å². The highest BCUT2D eigenvalue weighted by atomic mass is 35.5. The van der Waals surface area contributed by atoms with Crippen LogP contribution < -0.4 is 10.2 Å². The standard InChI is InChI=1S/C11H15Cl2N3/c1-14-7-9-3-2-4-16(9)11-10(13)5-8(12)6-15-11/h5-6,9,14H,2-4,7H2,1H3. The molecule has 1 aromatic heterocycles. The lowest BCUT2D eigenvalue weighted by Crippen LogP contribution is -2.37. The van der Waals surface area contributed by atoms with Gasteiger partial charge in [-0.3, -0.25) is 0 Å². The molecule has 1 aliphatic heterocycles. The molecule has 2 rings (SSSR count). The van der Waals surface area contributed by atoms with E-state index in [-0.39, 0.29) is 0 Å². The van der Waals surface area contributed by atoms with Crippen molar-refractivity contribution in [1.82, 2.24) is 10.3 Å². The van der Waals surface area contributed by atoms with E-state index in [1.807, 2.05) is 7.05 Å². The molecule has 16 heavy (non-hydrogen) atoms. The number of likely N-dealkylation sites (N-methyl/N-ethyl adjacent to an activating group) is 1. The van der Waals surface area contributed by atoms with Gasteiger partial charge >= 0.3 is 0 Å². The second-order valence-corrected chi connectivity index (χ2v) is 4.85. The Morgan fingerprint density at radius 1 is 1.56 bits per heavy atom. The van der Waals surface area contributed by atoms with E-state index < -0.39 is 0 Å². The van der Waals surface area contributed by atoms with Crippen LogP contribution in [0, 0.1) is 0 Å². The maximum atomic E-state index is 6.17. The highest BCUT2D eigenvalue weighted by Crippen LogP contribution is 2.31. The van der Waals surface area contributed by atoms with Gasteiger partial charge in [0.15, 0.2) is 0 Å². The number of hydrogen-bond donors (Lipinski definition) is 1. The zero-order chi connectivity index (χ0) is 11.5. The van der Waals surface area contributed by atoms with Crippen LogP contribution >= 0.6 is 23.2 Å². The average Bonchev–Trinajstić information content (AvgIpc) is 2.67. The van der Waals surface area contributed by atoms with Gasteiger partial charge in [-0.25, -0.2) is 4.98 Å². The molecule has 88 valence electrons. The third kappa shape index (κ3) is 2.42. The summed E-state index contributed by atoms with van der Waals surface area (Å²) in [6.45, 7) is 1.97. The lowest BCUT2D eigenvalue weighted by atomic mass is 10.2. The van der Waals surface area contributed by atoms with Crippen LogP contribution in [0.15, 0.2) is 12.3 Å². The second kappa shape index (κ2) is 5.21. The highest BCUT2D eigenvalue weighted by Gasteiger charge is 2.26. The number of hydrogen-bond acceptors (Lipinski definition) is 3. The normalized spacial score (nSPS) is 20.4. The fraction of sp³-hybridized carbons (Fsp3) is 0.545. The van der Waals surface area contributed by atoms with E-state index >= 15 is 0 Å². The predicted molar refractivity (Wildman–Crippen MR) is 68.6 cm³/mol. The van der Waals surface area contributed by atoms with Crippen molar-refractivity contribution in [2.45, 2.75) is 18.9 Å². The third-order valence-corrected chi connectivity index (χ3v) is 3.36. The van der Waals surface area contributed by atoms with Crippen molar-refractivity contribution in [2.75, 3.05) is 25.0 Å². The van der Waals surface area contributed by atoms with Crippen molar-refractivity contribution in [3.8, 4) is 0 Å². The molecular formula is C11H15Cl2N3. The van der Waals surface area contributed by atoms with Crippen LogP contribution in [-0.4, -0.2) is 31.2 Å². The largest absolute Gasteiger partial charge is 0.351 e. The summed E-state index contributed by atoms with van der Waals surface area (Å²) in [6.07, 6.45) is 4.02. The Balaban J connectivity index is 2.22. The van der Waals surface area contributed by atoms with Crippen molar-refractivity contribution >= 4 is 29.0 Å². The number of halogens is 2. The molecule has 1 aromatic rings. The molecule has 5 heteroatoms. The summed E-state index contributed by atoms with van der Waals surface area (Å²) in [5.41, 5.74) is 0. The van der Waals surface area contributed by atoms with E-state index in [2.05, 4.69) is 15.2 Å². The Morgan fingerprint density at radius 2 is 2.38 bits per heavy atom. The van der Waals surface area contributed by atoms with Crippen molar-refractivity contribution in [1.29, 1.82) is 0 Å². The van der Waals surface area contributed by atoms with Gasteiger partial charge in [-0.1, -0.05) is 23.2 Å². The smallest absolute Gasteiger partial charge is 0.147 e. The summed E-state index contributed by atoms with van der Waals surface area (Å²) in [4.78, 5) is 6.59. The van der Waals surface area contributed by atoms with E-state index in [9.17, 15) is 0 Å². The molecule has 1 aliphatic rings. The molecule has 0 aliphatic carbocycles. The van der Waals surface area contributed by atoms with Crippen LogP contribution in [0.2, 0.25) is 10.0 Å². The number of anilines is 1. The van der Waals surface area contributed by atoms with Crippen LogP contribution in [-0.2, 0) is 0 Å². The molecule has 1 unspecified atom stereocenters. The lowest BCUT2D eigenvalue weighted by molar-refractivity contribution is 0.612. The zero-order valence-electron chi connectivity index (χ0n) is 9.21. The van der Waals surface area contributed by atoms with Gasteiger partial charge < -0.3 is 10.2 Å². The fourth-order valence-corrected chi connectivity index (χ4v) is 2.67. The van der Waals surface area contributed by atoms with Gasteiger partial charge in [-0.2, -0.15) is 0 Å². The highest BCUT2D eigenvalue weighted by molar-refractivity contribution is 6.36. The fourth-order valence-electron chi connectivity index (χ4n) is 2.18. The topological polar surface area (TPSA) is 28.2 Å². The number of nitrogens with zero attached hydrogens (tertiary/aromatic N) is 2. The molecule has 0 spiro atoms. The first kappa shape index (κ1) is 12.0. The van der Waals surface area contributed by atoms with Gasteiger partial charge in [0.2, 0.25) is 0 Å². The maximum Gasteiger partial charge on any atom is 0.147 e. The Morgan fingerprint density at radius 3 is 3.06 bits per heavy atom. The van der Waals surface area contributed by atoms with Crippen molar-refractivity contribution in [2.24, 2.45) is 0 Å². The first-order valence-corrected chi connectivity index (χ1v) is 6.20. The number of pyridine rings is 1. The summed E-state index contributed by atoms with van der Waals surface area (Å²) in [5.74, 6) is 0.851. The molecular weight excluding hydrogens is 245 g/mol. The molecule has 0 radical (unpaired) electrons. The van der Waals surface area contributed by atoms with E-state index in [4.69, 9.17) is 23.2 Å². The Hall–Kier alpha value is -0.510. The van der Waals surface area contributed by atoms with E-state index in [1.165, 1.54) is 12.8 Å². The maximum absolute atomic E-state index is 6.17. The number of aromatic nitrogens is 1. The number of rotatable bonds is 3. The summed E-state index contributed by atoms with van der Waals surface area (Å²) in [5, 5.41) is 4.42. The first-order chi connectivity index (χ1) is 7.72. The van der Waals surface area contributed by atoms with Gasteiger partial charge in [0, 0.05) is 25.3 Å². The molecule has 1 fully saturated rings. The molecule has 1 N–H and O–H groups in total. The Kier molecular flexibility index (Phi) is 3.90. The SMILES string of the molecule is CNCC1CCCN1c1ncc(Cl)cc1Cl. The lowest BCUT2D eigenvalue weighted by Gasteiger charge is -2.26. The molecule has 0 bridgehead atoms. The van der Waals surface area contributed by atoms with E-state index in [0.29, 0.717) is 16.1 Å². The minimum atomic E-state index is 0.483. The second-order valence-electron chi connectivity index (χ2n) is 4.01. The van der Waals surface area contributed by atoms with Gasteiger partial charge in [-0.15, -0.1) is 0 Å². The third-order valence-electron chi connectivity index (χ3n) is 2.88. The van der Waals surface area contributed by atoms with Crippen LogP contribution in [0.5, 0.6) is 0 Å². The van der Waals surface area contributed by atoms with Gasteiger partial charge in [0.1, 0.15) is 5.82 Å². The minimum absolute atomic E-state index is 0.483.